The van der Waals surface area contributed by atoms with Crippen LogP contribution < -0.4 is 14.8 Å². The van der Waals surface area contributed by atoms with E-state index < -0.39 is 15.9 Å². The number of nitrogens with zero attached hydrogens (tertiary/aromatic N) is 1. The lowest BCUT2D eigenvalue weighted by Crippen LogP contribution is -2.24. The predicted octanol–water partition coefficient (Wildman–Crippen LogP) is 2.78. The lowest BCUT2D eigenvalue weighted by atomic mass is 10.1. The van der Waals surface area contributed by atoms with E-state index in [-0.39, 0.29) is 23.0 Å². The molecule has 2 rings (SSSR count). The van der Waals surface area contributed by atoms with Gasteiger partial charge in [0.05, 0.1) is 17.6 Å². The van der Waals surface area contributed by atoms with Crippen LogP contribution in [0.1, 0.15) is 28.4 Å². The second-order valence-corrected chi connectivity index (χ2v) is 9.11. The summed E-state index contributed by atoms with van der Waals surface area (Å²) in [6, 6.07) is 7.71. The third-order valence-electron chi connectivity index (χ3n) is 4.62. The van der Waals surface area contributed by atoms with Crippen LogP contribution in [0.2, 0.25) is 0 Å². The zero-order chi connectivity index (χ0) is 22.6. The van der Waals surface area contributed by atoms with Gasteiger partial charge in [-0.1, -0.05) is 0 Å². The first kappa shape index (κ1) is 23.4. The van der Waals surface area contributed by atoms with E-state index in [1.807, 2.05) is 0 Å². The molecule has 0 unspecified atom stereocenters. The number of anilines is 1. The van der Waals surface area contributed by atoms with Gasteiger partial charge in [-0.3, -0.25) is 9.59 Å². The predicted molar refractivity (Wildman–Crippen MR) is 114 cm³/mol. The minimum absolute atomic E-state index is 0.0841. The number of ether oxygens (including phenoxy) is 2. The van der Waals surface area contributed by atoms with Crippen molar-refractivity contribution in [2.75, 3.05) is 33.1 Å². The maximum absolute atomic E-state index is 12.4. The molecule has 0 aromatic heterocycles. The number of carbonyl (C=O) groups is 2. The van der Waals surface area contributed by atoms with Gasteiger partial charge in [0.25, 0.3) is 5.91 Å². The number of hydrogen-bond donors (Lipinski definition) is 1. The van der Waals surface area contributed by atoms with Crippen molar-refractivity contribution in [1.82, 2.24) is 4.31 Å². The highest BCUT2D eigenvalue weighted by Crippen LogP contribution is 2.27. The summed E-state index contributed by atoms with van der Waals surface area (Å²) in [5.41, 5.74) is 2.15. The normalized spacial score (nSPS) is 11.3. The number of hydrogen-bond acceptors (Lipinski definition) is 6. The molecule has 0 saturated carbocycles. The summed E-state index contributed by atoms with van der Waals surface area (Å²) in [6.07, 6.45) is 0. The van der Waals surface area contributed by atoms with Crippen LogP contribution in [-0.2, 0) is 14.8 Å². The van der Waals surface area contributed by atoms with Crippen molar-refractivity contribution in [2.45, 2.75) is 25.7 Å². The second-order valence-electron chi connectivity index (χ2n) is 6.96. The highest BCUT2D eigenvalue weighted by molar-refractivity contribution is 7.89. The van der Waals surface area contributed by atoms with Crippen molar-refractivity contribution in [3.05, 3.63) is 47.0 Å². The Labute approximate surface area is 176 Å². The number of Topliss-reactive ketones (excluding diaryl/α,β-unsaturated/α-hetero) is 1. The van der Waals surface area contributed by atoms with Crippen LogP contribution in [0.3, 0.4) is 0 Å². The van der Waals surface area contributed by atoms with E-state index in [2.05, 4.69) is 5.32 Å². The molecule has 0 radical (unpaired) electrons. The minimum Gasteiger partial charge on any atom is -0.497 e. The van der Waals surface area contributed by atoms with Crippen molar-refractivity contribution in [2.24, 2.45) is 0 Å². The lowest BCUT2D eigenvalue weighted by Gasteiger charge is -2.17. The largest absolute Gasteiger partial charge is 0.497 e. The molecule has 9 heteroatoms. The molecule has 0 spiro atoms. The Bertz CT molecular complexity index is 1080. The van der Waals surface area contributed by atoms with E-state index in [4.69, 9.17) is 9.47 Å². The van der Waals surface area contributed by atoms with Crippen LogP contribution in [0.15, 0.2) is 35.2 Å². The van der Waals surface area contributed by atoms with Gasteiger partial charge in [-0.15, -0.1) is 0 Å². The number of methoxy groups -OCH3 is 1. The van der Waals surface area contributed by atoms with E-state index in [0.717, 1.165) is 15.4 Å². The first-order valence-electron chi connectivity index (χ1n) is 9.12. The minimum atomic E-state index is -3.65. The summed E-state index contributed by atoms with van der Waals surface area (Å²) >= 11 is 0. The molecule has 0 aliphatic rings. The van der Waals surface area contributed by atoms with E-state index in [9.17, 15) is 18.0 Å². The average Bonchev–Trinajstić information content (AvgIpc) is 2.69. The standard InChI is InChI=1S/C21H26N2O6S/c1-13-9-17(30(26,27)23(4)5)11-19(14(13)2)22-21(25)12-29-20-8-7-16(28-6)10-18(20)15(3)24/h7-11H,12H2,1-6H3,(H,22,25). The average molecular weight is 435 g/mol. The highest BCUT2D eigenvalue weighted by atomic mass is 32.2. The molecular weight excluding hydrogens is 408 g/mol. The van der Waals surface area contributed by atoms with Crippen LogP contribution in [0, 0.1) is 13.8 Å². The van der Waals surface area contributed by atoms with E-state index in [0.29, 0.717) is 17.0 Å². The number of sulfonamides is 1. The third-order valence-corrected chi connectivity index (χ3v) is 6.41. The number of aryl methyl sites for hydroxylation is 1. The van der Waals surface area contributed by atoms with Crippen molar-refractivity contribution < 1.29 is 27.5 Å². The summed E-state index contributed by atoms with van der Waals surface area (Å²) in [5.74, 6) is 0.0527. The van der Waals surface area contributed by atoms with E-state index in [1.165, 1.54) is 34.2 Å². The Morgan fingerprint density at radius 2 is 1.77 bits per heavy atom. The van der Waals surface area contributed by atoms with Gasteiger partial charge in [0.15, 0.2) is 12.4 Å². The molecule has 30 heavy (non-hydrogen) atoms. The lowest BCUT2D eigenvalue weighted by molar-refractivity contribution is -0.118. The van der Waals surface area contributed by atoms with Gasteiger partial charge >= 0.3 is 0 Å². The van der Waals surface area contributed by atoms with Crippen molar-refractivity contribution >= 4 is 27.4 Å². The van der Waals surface area contributed by atoms with Crippen molar-refractivity contribution in [3.8, 4) is 11.5 Å². The maximum atomic E-state index is 12.4. The zero-order valence-corrected chi connectivity index (χ0v) is 18.7. The first-order chi connectivity index (χ1) is 14.0. The van der Waals surface area contributed by atoms with Crippen molar-refractivity contribution in [3.63, 3.8) is 0 Å². The van der Waals surface area contributed by atoms with Gasteiger partial charge in [-0.25, -0.2) is 12.7 Å². The van der Waals surface area contributed by atoms with E-state index in [1.54, 1.807) is 38.1 Å². The molecule has 0 aliphatic heterocycles. The molecule has 0 saturated heterocycles. The second kappa shape index (κ2) is 9.27. The molecular formula is C21H26N2O6S. The first-order valence-corrected chi connectivity index (χ1v) is 10.6. The highest BCUT2D eigenvalue weighted by Gasteiger charge is 2.20. The van der Waals surface area contributed by atoms with E-state index >= 15 is 0 Å². The summed E-state index contributed by atoms with van der Waals surface area (Å²) < 4.78 is 36.6. The Hall–Kier alpha value is -2.91. The summed E-state index contributed by atoms with van der Waals surface area (Å²) in [4.78, 5) is 24.4. The summed E-state index contributed by atoms with van der Waals surface area (Å²) in [5, 5.41) is 2.69. The maximum Gasteiger partial charge on any atom is 0.262 e. The van der Waals surface area contributed by atoms with Gasteiger partial charge < -0.3 is 14.8 Å². The summed E-state index contributed by atoms with van der Waals surface area (Å²) in [6.45, 7) is 4.60. The molecule has 162 valence electrons. The zero-order valence-electron chi connectivity index (χ0n) is 17.9. The smallest absolute Gasteiger partial charge is 0.262 e. The number of benzene rings is 2. The molecule has 0 atom stereocenters. The number of nitrogens with one attached hydrogen (secondary N) is 1. The van der Waals surface area contributed by atoms with Crippen LogP contribution in [0.5, 0.6) is 11.5 Å². The third kappa shape index (κ3) is 5.17. The fourth-order valence-electron chi connectivity index (χ4n) is 2.68. The van der Waals surface area contributed by atoms with Crippen LogP contribution in [0.25, 0.3) is 0 Å². The molecule has 0 bridgehead atoms. The topological polar surface area (TPSA) is 102 Å². The van der Waals surface area contributed by atoms with Gasteiger partial charge in [0, 0.05) is 19.8 Å². The fourth-order valence-corrected chi connectivity index (χ4v) is 3.70. The molecule has 1 N–H and O–H groups in total. The number of rotatable bonds is 8. The fraction of sp³-hybridized carbons (Fsp3) is 0.333. The number of ketones is 1. The Morgan fingerprint density at radius 3 is 2.33 bits per heavy atom. The Morgan fingerprint density at radius 1 is 1.10 bits per heavy atom. The van der Waals surface area contributed by atoms with Gasteiger partial charge in [-0.05, 0) is 62.2 Å². The van der Waals surface area contributed by atoms with Crippen LogP contribution in [-0.4, -0.2) is 52.2 Å². The Kier molecular flexibility index (Phi) is 7.22. The molecule has 8 nitrogen and oxygen atoms in total. The van der Waals surface area contributed by atoms with Crippen LogP contribution >= 0.6 is 0 Å². The number of carbonyl (C=O) groups excluding carboxylic acids is 2. The monoisotopic (exact) mass is 434 g/mol. The van der Waals surface area contributed by atoms with Gasteiger partial charge in [0.1, 0.15) is 11.5 Å². The molecule has 1 amide bonds. The van der Waals surface area contributed by atoms with Gasteiger partial charge in [-0.2, -0.15) is 0 Å². The quantitative estimate of drug-likeness (QED) is 0.641. The molecule has 0 fully saturated rings. The Balaban J connectivity index is 2.22. The summed E-state index contributed by atoms with van der Waals surface area (Å²) in [7, 11) is 0.723. The van der Waals surface area contributed by atoms with Gasteiger partial charge in [0.2, 0.25) is 10.0 Å². The molecule has 2 aromatic rings. The van der Waals surface area contributed by atoms with Crippen molar-refractivity contribution in [1.29, 1.82) is 0 Å². The number of amides is 1. The molecule has 0 aliphatic carbocycles. The molecule has 2 aromatic carbocycles. The van der Waals surface area contributed by atoms with Crippen LogP contribution in [0.4, 0.5) is 5.69 Å². The molecule has 0 heterocycles. The SMILES string of the molecule is COc1ccc(OCC(=O)Nc2cc(S(=O)(=O)N(C)C)cc(C)c2C)c(C(C)=O)c1.